The minimum absolute atomic E-state index is 0.458. The molecule has 0 saturated carbocycles. The van der Waals surface area contributed by atoms with Gasteiger partial charge in [-0.25, -0.2) is 4.79 Å². The first-order valence-corrected chi connectivity index (χ1v) is 6.48. The van der Waals surface area contributed by atoms with Crippen LogP contribution in [0.5, 0.6) is 0 Å². The Morgan fingerprint density at radius 2 is 2.10 bits per heavy atom. The van der Waals surface area contributed by atoms with Crippen molar-refractivity contribution >= 4 is 11.7 Å². The number of benzene rings is 1. The van der Waals surface area contributed by atoms with E-state index in [1.54, 1.807) is 0 Å². The van der Waals surface area contributed by atoms with Crippen LogP contribution < -0.4 is 4.90 Å². The fourth-order valence-corrected chi connectivity index (χ4v) is 2.58. The fourth-order valence-electron chi connectivity index (χ4n) is 2.58. The Kier molecular flexibility index (Phi) is 3.92. The third-order valence-electron chi connectivity index (χ3n) is 3.56. The van der Waals surface area contributed by atoms with Crippen LogP contribution in [0.4, 0.5) is 18.9 Å². The van der Waals surface area contributed by atoms with E-state index in [1.807, 2.05) is 4.90 Å². The molecule has 1 aromatic carbocycles. The molecule has 2 rings (SSSR count). The number of anilines is 1. The Balaban J connectivity index is 2.37. The van der Waals surface area contributed by atoms with E-state index in [0.717, 1.165) is 38.1 Å². The Morgan fingerprint density at radius 3 is 2.65 bits per heavy atom. The first-order chi connectivity index (χ1) is 9.29. The van der Waals surface area contributed by atoms with E-state index in [1.165, 1.54) is 6.07 Å². The molecular formula is C14H16F3NO2. The zero-order valence-corrected chi connectivity index (χ0v) is 11.1. The van der Waals surface area contributed by atoms with Gasteiger partial charge in [-0.3, -0.25) is 0 Å². The van der Waals surface area contributed by atoms with Gasteiger partial charge in [-0.15, -0.1) is 0 Å². The summed E-state index contributed by atoms with van der Waals surface area (Å²) in [7, 11) is 0. The molecule has 1 aromatic rings. The highest BCUT2D eigenvalue weighted by Crippen LogP contribution is 2.34. The van der Waals surface area contributed by atoms with Crippen molar-refractivity contribution < 1.29 is 23.1 Å². The van der Waals surface area contributed by atoms with E-state index in [2.05, 4.69) is 6.92 Å². The van der Waals surface area contributed by atoms with Gasteiger partial charge in [0.25, 0.3) is 0 Å². The lowest BCUT2D eigenvalue weighted by Gasteiger charge is -2.33. The van der Waals surface area contributed by atoms with Crippen molar-refractivity contribution in [3.63, 3.8) is 0 Å². The van der Waals surface area contributed by atoms with Crippen LogP contribution in [0.2, 0.25) is 0 Å². The first kappa shape index (κ1) is 14.7. The van der Waals surface area contributed by atoms with Crippen molar-refractivity contribution in [3.05, 3.63) is 29.3 Å². The molecule has 1 saturated heterocycles. The highest BCUT2D eigenvalue weighted by molar-refractivity contribution is 5.91. The predicted molar refractivity (Wildman–Crippen MR) is 69.0 cm³/mol. The van der Waals surface area contributed by atoms with Gasteiger partial charge in [0.15, 0.2) is 0 Å². The van der Waals surface area contributed by atoms with Crippen molar-refractivity contribution in [1.29, 1.82) is 0 Å². The molecule has 1 N–H and O–H groups in total. The molecule has 1 aliphatic rings. The maximum absolute atomic E-state index is 12.8. The van der Waals surface area contributed by atoms with Crippen LogP contribution in [0, 0.1) is 5.92 Å². The quantitative estimate of drug-likeness (QED) is 0.902. The first-order valence-electron chi connectivity index (χ1n) is 6.48. The number of hydrogen-bond acceptors (Lipinski definition) is 2. The standard InChI is InChI=1S/C14H16F3NO2/c1-9-3-2-6-18(8-9)10-4-5-12(14(15,16)17)11(7-10)13(19)20/h4-5,7,9H,2-3,6,8H2,1H3,(H,19,20). The number of carboxylic acid groups (broad SMARTS) is 1. The molecule has 1 atom stereocenters. The largest absolute Gasteiger partial charge is 0.478 e. The van der Waals surface area contributed by atoms with Crippen molar-refractivity contribution in [2.24, 2.45) is 5.92 Å². The zero-order chi connectivity index (χ0) is 14.9. The van der Waals surface area contributed by atoms with Gasteiger partial charge in [0.05, 0.1) is 11.1 Å². The van der Waals surface area contributed by atoms with Crippen LogP contribution >= 0.6 is 0 Å². The third kappa shape index (κ3) is 3.05. The fraction of sp³-hybridized carbons (Fsp3) is 0.500. The van der Waals surface area contributed by atoms with E-state index in [-0.39, 0.29) is 0 Å². The molecular weight excluding hydrogens is 271 g/mol. The lowest BCUT2D eigenvalue weighted by molar-refractivity contribution is -0.138. The second-order valence-corrected chi connectivity index (χ2v) is 5.23. The lowest BCUT2D eigenvalue weighted by Crippen LogP contribution is -2.34. The number of piperidine rings is 1. The molecule has 20 heavy (non-hydrogen) atoms. The van der Waals surface area contributed by atoms with E-state index in [4.69, 9.17) is 5.11 Å². The summed E-state index contributed by atoms with van der Waals surface area (Å²) in [4.78, 5) is 13.0. The normalized spacial score (nSPS) is 20.0. The molecule has 0 radical (unpaired) electrons. The summed E-state index contributed by atoms with van der Waals surface area (Å²) in [6, 6.07) is 3.34. The number of alkyl halides is 3. The SMILES string of the molecule is CC1CCCN(c2ccc(C(F)(F)F)c(C(=O)O)c2)C1. The Morgan fingerprint density at radius 1 is 1.40 bits per heavy atom. The van der Waals surface area contributed by atoms with Gasteiger partial charge in [0, 0.05) is 18.8 Å². The van der Waals surface area contributed by atoms with Crippen molar-refractivity contribution in [2.75, 3.05) is 18.0 Å². The summed E-state index contributed by atoms with van der Waals surface area (Å²) in [5.74, 6) is -1.09. The molecule has 110 valence electrons. The molecule has 6 heteroatoms. The summed E-state index contributed by atoms with van der Waals surface area (Å²) in [5, 5.41) is 8.99. The van der Waals surface area contributed by atoms with Gasteiger partial charge in [-0.1, -0.05) is 6.92 Å². The minimum Gasteiger partial charge on any atom is -0.478 e. The van der Waals surface area contributed by atoms with Gasteiger partial charge in [0.1, 0.15) is 0 Å². The monoisotopic (exact) mass is 287 g/mol. The number of aromatic carboxylic acids is 1. The maximum Gasteiger partial charge on any atom is 0.417 e. The maximum atomic E-state index is 12.8. The molecule has 3 nitrogen and oxygen atoms in total. The van der Waals surface area contributed by atoms with Crippen LogP contribution in [-0.4, -0.2) is 24.2 Å². The van der Waals surface area contributed by atoms with Crippen molar-refractivity contribution in [1.82, 2.24) is 0 Å². The summed E-state index contributed by atoms with van der Waals surface area (Å²) in [5.41, 5.74) is -1.24. The highest BCUT2D eigenvalue weighted by Gasteiger charge is 2.35. The molecule has 0 bridgehead atoms. The number of halogens is 3. The number of rotatable bonds is 2. The average Bonchev–Trinajstić information content (AvgIpc) is 2.37. The Hall–Kier alpha value is -1.72. The summed E-state index contributed by atoms with van der Waals surface area (Å²) in [6.45, 7) is 3.56. The van der Waals surface area contributed by atoms with Gasteiger partial charge in [-0.2, -0.15) is 13.2 Å². The van der Waals surface area contributed by atoms with Crippen LogP contribution in [-0.2, 0) is 6.18 Å². The third-order valence-corrected chi connectivity index (χ3v) is 3.56. The van der Waals surface area contributed by atoms with Crippen LogP contribution in [0.25, 0.3) is 0 Å². The molecule has 0 spiro atoms. The predicted octanol–water partition coefficient (Wildman–Crippen LogP) is 3.64. The number of hydrogen-bond donors (Lipinski definition) is 1. The topological polar surface area (TPSA) is 40.5 Å². The van der Waals surface area contributed by atoms with Crippen LogP contribution in [0.3, 0.4) is 0 Å². The number of nitrogens with zero attached hydrogens (tertiary/aromatic N) is 1. The minimum atomic E-state index is -4.65. The van der Waals surface area contributed by atoms with Gasteiger partial charge >= 0.3 is 12.1 Å². The molecule has 0 amide bonds. The Labute approximate surface area is 115 Å². The van der Waals surface area contributed by atoms with Crippen molar-refractivity contribution in [2.45, 2.75) is 25.9 Å². The van der Waals surface area contributed by atoms with Crippen LogP contribution in [0.15, 0.2) is 18.2 Å². The van der Waals surface area contributed by atoms with Crippen LogP contribution in [0.1, 0.15) is 35.7 Å². The zero-order valence-electron chi connectivity index (χ0n) is 11.1. The highest BCUT2D eigenvalue weighted by atomic mass is 19.4. The average molecular weight is 287 g/mol. The van der Waals surface area contributed by atoms with E-state index >= 15 is 0 Å². The number of carbonyl (C=O) groups is 1. The second kappa shape index (κ2) is 5.34. The molecule has 0 aliphatic carbocycles. The molecule has 1 heterocycles. The van der Waals surface area contributed by atoms with E-state index < -0.39 is 23.3 Å². The number of carboxylic acids is 1. The Bertz CT molecular complexity index is 514. The smallest absolute Gasteiger partial charge is 0.417 e. The van der Waals surface area contributed by atoms with Gasteiger partial charge < -0.3 is 10.0 Å². The molecule has 1 aliphatic heterocycles. The molecule has 1 unspecified atom stereocenters. The summed E-state index contributed by atoms with van der Waals surface area (Å²) in [6.07, 6.45) is -2.60. The summed E-state index contributed by atoms with van der Waals surface area (Å²) >= 11 is 0. The second-order valence-electron chi connectivity index (χ2n) is 5.23. The van der Waals surface area contributed by atoms with Gasteiger partial charge in [0.2, 0.25) is 0 Å². The molecule has 1 fully saturated rings. The summed E-state index contributed by atoms with van der Waals surface area (Å²) < 4.78 is 38.3. The lowest BCUT2D eigenvalue weighted by atomic mass is 9.98. The van der Waals surface area contributed by atoms with E-state index in [9.17, 15) is 18.0 Å². The van der Waals surface area contributed by atoms with Crippen molar-refractivity contribution in [3.8, 4) is 0 Å². The van der Waals surface area contributed by atoms with E-state index in [0.29, 0.717) is 11.6 Å². The van der Waals surface area contributed by atoms with Gasteiger partial charge in [-0.05, 0) is 37.0 Å². The molecule has 0 aromatic heterocycles.